The van der Waals surface area contributed by atoms with Crippen LogP contribution in [0.25, 0.3) is 0 Å². The van der Waals surface area contributed by atoms with Crippen LogP contribution in [-0.4, -0.2) is 29.2 Å². The Morgan fingerprint density at radius 3 is 3.07 bits per heavy atom. The molecule has 82 valence electrons. The monoisotopic (exact) mass is 271 g/mol. The molecule has 1 fully saturated rings. The van der Waals surface area contributed by atoms with Crippen LogP contribution in [0, 0.1) is 12.8 Å². The van der Waals surface area contributed by atoms with E-state index < -0.39 is 0 Å². The average molecular weight is 272 g/mol. The standard InChI is InChI=1S/C11H14BrNO2/c1-8-10(3-5-15-8)11(14)13-4-2-9(6-12)7-13/h3,5,9H,2,4,6-7H2,1H3. The fourth-order valence-corrected chi connectivity index (χ4v) is 2.45. The van der Waals surface area contributed by atoms with Crippen molar-refractivity contribution in [3.8, 4) is 0 Å². The van der Waals surface area contributed by atoms with Crippen molar-refractivity contribution in [3.63, 3.8) is 0 Å². The number of aryl methyl sites for hydroxylation is 1. The van der Waals surface area contributed by atoms with E-state index in [-0.39, 0.29) is 5.91 Å². The Balaban J connectivity index is 2.07. The number of carbonyl (C=O) groups is 1. The summed E-state index contributed by atoms with van der Waals surface area (Å²) in [5, 5.41) is 0.973. The Morgan fingerprint density at radius 2 is 2.53 bits per heavy atom. The van der Waals surface area contributed by atoms with Gasteiger partial charge in [-0.25, -0.2) is 0 Å². The maximum Gasteiger partial charge on any atom is 0.257 e. The second-order valence-corrected chi connectivity index (χ2v) is 4.60. The van der Waals surface area contributed by atoms with Crippen LogP contribution in [-0.2, 0) is 0 Å². The van der Waals surface area contributed by atoms with Gasteiger partial charge in [0, 0.05) is 18.4 Å². The normalized spacial score (nSPS) is 20.9. The van der Waals surface area contributed by atoms with Gasteiger partial charge in [0.25, 0.3) is 5.91 Å². The van der Waals surface area contributed by atoms with Crippen molar-refractivity contribution in [1.29, 1.82) is 0 Å². The largest absolute Gasteiger partial charge is 0.469 e. The molecule has 1 saturated heterocycles. The molecule has 0 spiro atoms. The number of halogens is 1. The molecule has 1 aromatic rings. The summed E-state index contributed by atoms with van der Waals surface area (Å²) in [7, 11) is 0. The molecule has 2 heterocycles. The van der Waals surface area contributed by atoms with E-state index >= 15 is 0 Å². The second-order valence-electron chi connectivity index (χ2n) is 3.95. The summed E-state index contributed by atoms with van der Waals surface area (Å²) >= 11 is 3.46. The quantitative estimate of drug-likeness (QED) is 0.775. The van der Waals surface area contributed by atoms with Crippen molar-refractivity contribution in [3.05, 3.63) is 23.7 Å². The zero-order valence-electron chi connectivity index (χ0n) is 8.70. The summed E-state index contributed by atoms with van der Waals surface area (Å²) in [6.07, 6.45) is 2.66. The summed E-state index contributed by atoms with van der Waals surface area (Å²) < 4.78 is 5.14. The van der Waals surface area contributed by atoms with E-state index in [1.807, 2.05) is 11.8 Å². The van der Waals surface area contributed by atoms with Crippen LogP contribution in [0.5, 0.6) is 0 Å². The van der Waals surface area contributed by atoms with E-state index in [0.717, 1.165) is 24.8 Å². The van der Waals surface area contributed by atoms with Crippen LogP contribution >= 0.6 is 15.9 Å². The average Bonchev–Trinajstić information content (AvgIpc) is 2.84. The SMILES string of the molecule is Cc1occc1C(=O)N1CCC(CBr)C1. The Kier molecular flexibility index (Phi) is 3.14. The third-order valence-electron chi connectivity index (χ3n) is 2.88. The molecule has 0 aliphatic carbocycles. The van der Waals surface area contributed by atoms with E-state index in [4.69, 9.17) is 4.42 Å². The van der Waals surface area contributed by atoms with Crippen LogP contribution in [0.3, 0.4) is 0 Å². The first kappa shape index (κ1) is 10.7. The van der Waals surface area contributed by atoms with Gasteiger partial charge in [0.15, 0.2) is 0 Å². The molecule has 0 aromatic carbocycles. The molecule has 15 heavy (non-hydrogen) atoms. The first-order valence-electron chi connectivity index (χ1n) is 5.11. The van der Waals surface area contributed by atoms with Crippen LogP contribution in [0.1, 0.15) is 22.5 Å². The topological polar surface area (TPSA) is 33.5 Å². The minimum Gasteiger partial charge on any atom is -0.469 e. The highest BCUT2D eigenvalue weighted by atomic mass is 79.9. The summed E-state index contributed by atoms with van der Waals surface area (Å²) in [5.41, 5.74) is 0.699. The third kappa shape index (κ3) is 2.09. The molecule has 1 unspecified atom stereocenters. The third-order valence-corrected chi connectivity index (χ3v) is 3.80. The number of likely N-dealkylation sites (tertiary alicyclic amines) is 1. The van der Waals surface area contributed by atoms with Crippen LogP contribution < -0.4 is 0 Å². The summed E-state index contributed by atoms with van der Waals surface area (Å²) in [6.45, 7) is 3.54. The lowest BCUT2D eigenvalue weighted by Crippen LogP contribution is -2.29. The second kappa shape index (κ2) is 4.39. The highest BCUT2D eigenvalue weighted by Crippen LogP contribution is 2.21. The zero-order chi connectivity index (χ0) is 10.8. The zero-order valence-corrected chi connectivity index (χ0v) is 10.3. The maximum absolute atomic E-state index is 12.0. The smallest absolute Gasteiger partial charge is 0.257 e. The van der Waals surface area contributed by atoms with E-state index in [1.165, 1.54) is 0 Å². The first-order chi connectivity index (χ1) is 7.22. The van der Waals surface area contributed by atoms with Gasteiger partial charge >= 0.3 is 0 Å². The van der Waals surface area contributed by atoms with Crippen molar-refractivity contribution in [2.45, 2.75) is 13.3 Å². The molecule has 3 nitrogen and oxygen atoms in total. The molecule has 4 heteroatoms. The first-order valence-corrected chi connectivity index (χ1v) is 6.24. The van der Waals surface area contributed by atoms with Gasteiger partial charge in [-0.15, -0.1) is 0 Å². The Morgan fingerprint density at radius 1 is 1.73 bits per heavy atom. The van der Waals surface area contributed by atoms with Gasteiger partial charge in [-0.3, -0.25) is 4.79 Å². The van der Waals surface area contributed by atoms with Crippen molar-refractivity contribution in [2.75, 3.05) is 18.4 Å². The molecule has 0 N–H and O–H groups in total. The molecule has 1 atom stereocenters. The number of hydrogen-bond acceptors (Lipinski definition) is 2. The molecule has 1 aromatic heterocycles. The maximum atomic E-state index is 12.0. The molecule has 1 amide bonds. The van der Waals surface area contributed by atoms with Crippen molar-refractivity contribution in [2.24, 2.45) is 5.92 Å². The predicted octanol–water partition coefficient (Wildman–Crippen LogP) is 2.45. The van der Waals surface area contributed by atoms with Crippen molar-refractivity contribution >= 4 is 21.8 Å². The van der Waals surface area contributed by atoms with Crippen molar-refractivity contribution in [1.82, 2.24) is 4.90 Å². The molecule has 0 radical (unpaired) electrons. The lowest BCUT2D eigenvalue weighted by molar-refractivity contribution is 0.0786. The van der Waals surface area contributed by atoms with E-state index in [1.54, 1.807) is 12.3 Å². The Hall–Kier alpha value is -0.770. The van der Waals surface area contributed by atoms with Gasteiger partial charge in [-0.1, -0.05) is 15.9 Å². The van der Waals surface area contributed by atoms with Crippen LogP contribution in [0.2, 0.25) is 0 Å². The molecule has 2 rings (SSSR count). The van der Waals surface area contributed by atoms with Crippen molar-refractivity contribution < 1.29 is 9.21 Å². The number of nitrogens with zero attached hydrogens (tertiary/aromatic N) is 1. The molecule has 0 bridgehead atoms. The van der Waals surface area contributed by atoms with Gasteiger partial charge in [-0.2, -0.15) is 0 Å². The molecular weight excluding hydrogens is 258 g/mol. The summed E-state index contributed by atoms with van der Waals surface area (Å²) in [4.78, 5) is 13.9. The predicted molar refractivity (Wildman–Crippen MR) is 61.2 cm³/mol. The molecule has 0 saturated carbocycles. The van der Waals surface area contributed by atoms with Crippen LogP contribution in [0.15, 0.2) is 16.7 Å². The van der Waals surface area contributed by atoms with E-state index in [9.17, 15) is 4.79 Å². The highest BCUT2D eigenvalue weighted by Gasteiger charge is 2.27. The fraction of sp³-hybridized carbons (Fsp3) is 0.545. The number of alkyl halides is 1. The number of rotatable bonds is 2. The fourth-order valence-electron chi connectivity index (χ4n) is 1.92. The van der Waals surface area contributed by atoms with Gasteiger partial charge < -0.3 is 9.32 Å². The van der Waals surface area contributed by atoms with Gasteiger partial charge in [0.05, 0.1) is 11.8 Å². The number of carbonyl (C=O) groups excluding carboxylic acids is 1. The van der Waals surface area contributed by atoms with E-state index in [0.29, 0.717) is 17.2 Å². The van der Waals surface area contributed by atoms with Gasteiger partial charge in [0.1, 0.15) is 5.76 Å². The highest BCUT2D eigenvalue weighted by molar-refractivity contribution is 9.09. The molecule has 1 aliphatic heterocycles. The lowest BCUT2D eigenvalue weighted by atomic mass is 10.2. The minimum absolute atomic E-state index is 0.102. The van der Waals surface area contributed by atoms with Crippen LogP contribution in [0.4, 0.5) is 0 Å². The molecule has 1 aliphatic rings. The number of furan rings is 1. The van der Waals surface area contributed by atoms with Gasteiger partial charge in [-0.05, 0) is 25.3 Å². The molecular formula is C11H14BrNO2. The van der Waals surface area contributed by atoms with E-state index in [2.05, 4.69) is 15.9 Å². The van der Waals surface area contributed by atoms with Gasteiger partial charge in [0.2, 0.25) is 0 Å². The summed E-state index contributed by atoms with van der Waals surface area (Å²) in [5.74, 6) is 1.41. The Labute approximate surface area is 97.6 Å². The Bertz CT molecular complexity index is 361. The lowest BCUT2D eigenvalue weighted by Gasteiger charge is -2.15. The minimum atomic E-state index is 0.102. The summed E-state index contributed by atoms with van der Waals surface area (Å²) in [6, 6.07) is 1.75. The number of hydrogen-bond donors (Lipinski definition) is 0. The number of amides is 1.